The summed E-state index contributed by atoms with van der Waals surface area (Å²) >= 11 is 0. The van der Waals surface area contributed by atoms with Crippen LogP contribution in [0.15, 0.2) is 42.5 Å². The number of nitrogens with zero attached hydrogens (tertiary/aromatic N) is 1. The van der Waals surface area contributed by atoms with Crippen molar-refractivity contribution in [1.82, 2.24) is 4.90 Å². The van der Waals surface area contributed by atoms with E-state index in [4.69, 9.17) is 0 Å². The van der Waals surface area contributed by atoms with Gasteiger partial charge in [0.05, 0.1) is 26.2 Å². The van der Waals surface area contributed by atoms with Gasteiger partial charge in [-0.15, -0.1) is 0 Å². The lowest BCUT2D eigenvalue weighted by Crippen LogP contribution is -3.15. The molecule has 0 saturated carbocycles. The van der Waals surface area contributed by atoms with Gasteiger partial charge in [-0.25, -0.2) is 4.39 Å². The minimum Gasteiger partial charge on any atom is -0.327 e. The molecule has 0 radical (unpaired) electrons. The molecular formula is C23H27FN3O2+. The van der Waals surface area contributed by atoms with Gasteiger partial charge >= 0.3 is 0 Å². The summed E-state index contributed by atoms with van der Waals surface area (Å²) in [5.74, 6) is -0.331. The van der Waals surface area contributed by atoms with E-state index in [2.05, 4.69) is 17.4 Å². The molecule has 1 fully saturated rings. The number of amides is 2. The number of carbonyl (C=O) groups is 2. The Bertz CT molecular complexity index is 889. The van der Waals surface area contributed by atoms with Crippen LogP contribution in [0.25, 0.3) is 0 Å². The molecule has 0 unspecified atom stereocenters. The predicted molar refractivity (Wildman–Crippen MR) is 110 cm³/mol. The third kappa shape index (κ3) is 4.82. The Kier molecular flexibility index (Phi) is 5.90. The smallest absolute Gasteiger partial charge is 0.279 e. The Morgan fingerprint density at radius 3 is 2.38 bits per heavy atom. The molecule has 152 valence electrons. The van der Waals surface area contributed by atoms with Crippen molar-refractivity contribution in [2.24, 2.45) is 0 Å². The SMILES string of the molecule is O=C(C[NH+]1CCN(C(=O)c2ccc3c(c2)CCCC3)CC1)Nc1ccc(F)cc1. The molecule has 29 heavy (non-hydrogen) atoms. The van der Waals surface area contributed by atoms with Crippen LogP contribution in [-0.4, -0.2) is 49.4 Å². The minimum absolute atomic E-state index is 0.0909. The lowest BCUT2D eigenvalue weighted by Gasteiger charge is -2.32. The summed E-state index contributed by atoms with van der Waals surface area (Å²) in [4.78, 5) is 28.2. The largest absolute Gasteiger partial charge is 0.327 e. The quantitative estimate of drug-likeness (QED) is 0.826. The van der Waals surface area contributed by atoms with Gasteiger partial charge in [-0.2, -0.15) is 0 Å². The molecule has 2 N–H and O–H groups in total. The summed E-state index contributed by atoms with van der Waals surface area (Å²) in [7, 11) is 0. The number of piperazine rings is 1. The highest BCUT2D eigenvalue weighted by Crippen LogP contribution is 2.22. The number of hydrogen-bond acceptors (Lipinski definition) is 2. The van der Waals surface area contributed by atoms with Crippen molar-refractivity contribution in [2.45, 2.75) is 25.7 Å². The summed E-state index contributed by atoms with van der Waals surface area (Å²) < 4.78 is 13.0. The summed E-state index contributed by atoms with van der Waals surface area (Å²) in [5, 5.41) is 2.80. The van der Waals surface area contributed by atoms with Gasteiger partial charge in [-0.3, -0.25) is 9.59 Å². The third-order valence-electron chi connectivity index (χ3n) is 5.89. The molecule has 1 heterocycles. The molecule has 1 saturated heterocycles. The maximum atomic E-state index is 13.0. The Hall–Kier alpha value is -2.73. The van der Waals surface area contributed by atoms with E-state index in [0.29, 0.717) is 25.3 Å². The van der Waals surface area contributed by atoms with E-state index in [0.717, 1.165) is 36.4 Å². The zero-order valence-electron chi connectivity index (χ0n) is 16.5. The molecule has 4 rings (SSSR count). The number of halogens is 1. The summed E-state index contributed by atoms with van der Waals surface area (Å²) in [5.41, 5.74) is 4.08. The van der Waals surface area contributed by atoms with Crippen LogP contribution in [0.5, 0.6) is 0 Å². The van der Waals surface area contributed by atoms with E-state index in [1.807, 2.05) is 11.0 Å². The Labute approximate surface area is 170 Å². The summed E-state index contributed by atoms with van der Waals surface area (Å²) in [6.45, 7) is 3.13. The average molecular weight is 396 g/mol. The summed E-state index contributed by atoms with van der Waals surface area (Å²) in [6.07, 6.45) is 4.62. The van der Waals surface area contributed by atoms with Gasteiger partial charge in [0.1, 0.15) is 5.82 Å². The van der Waals surface area contributed by atoms with Crippen molar-refractivity contribution in [2.75, 3.05) is 38.0 Å². The topological polar surface area (TPSA) is 53.9 Å². The van der Waals surface area contributed by atoms with Gasteiger partial charge in [-0.05, 0) is 73.2 Å². The Balaban J connectivity index is 1.28. The van der Waals surface area contributed by atoms with Crippen molar-refractivity contribution in [1.29, 1.82) is 0 Å². The number of quaternary nitrogens is 1. The molecule has 2 aromatic carbocycles. The van der Waals surface area contributed by atoms with Crippen molar-refractivity contribution >= 4 is 17.5 Å². The standard InChI is InChI=1S/C23H26FN3O2/c24-20-7-9-21(10-8-20)25-22(28)16-26-11-13-27(14-12-26)23(29)19-6-5-17-3-1-2-4-18(17)15-19/h5-10,15H,1-4,11-14,16H2,(H,25,28)/p+1. The molecule has 1 aliphatic heterocycles. The van der Waals surface area contributed by atoms with Crippen LogP contribution < -0.4 is 10.2 Å². The second-order valence-corrected chi connectivity index (χ2v) is 7.96. The van der Waals surface area contributed by atoms with Crippen molar-refractivity contribution in [3.8, 4) is 0 Å². The van der Waals surface area contributed by atoms with Crippen LogP contribution in [-0.2, 0) is 17.6 Å². The van der Waals surface area contributed by atoms with E-state index in [1.165, 1.54) is 36.1 Å². The number of carbonyl (C=O) groups excluding carboxylic acids is 2. The second-order valence-electron chi connectivity index (χ2n) is 7.96. The second kappa shape index (κ2) is 8.74. The van der Waals surface area contributed by atoms with Gasteiger partial charge in [-0.1, -0.05) is 6.07 Å². The monoisotopic (exact) mass is 396 g/mol. The van der Waals surface area contributed by atoms with E-state index >= 15 is 0 Å². The van der Waals surface area contributed by atoms with Crippen LogP contribution in [0.4, 0.5) is 10.1 Å². The normalized spacial score (nSPS) is 16.9. The van der Waals surface area contributed by atoms with Gasteiger partial charge < -0.3 is 15.1 Å². The minimum atomic E-state index is -0.326. The van der Waals surface area contributed by atoms with Crippen LogP contribution in [0.2, 0.25) is 0 Å². The number of nitrogens with one attached hydrogen (secondary N) is 2. The zero-order valence-corrected chi connectivity index (χ0v) is 16.5. The van der Waals surface area contributed by atoms with Gasteiger partial charge in [0.15, 0.2) is 6.54 Å². The number of rotatable bonds is 4. The van der Waals surface area contributed by atoms with Crippen LogP contribution >= 0.6 is 0 Å². The number of benzene rings is 2. The van der Waals surface area contributed by atoms with Crippen molar-refractivity contribution in [3.05, 3.63) is 65.0 Å². The maximum Gasteiger partial charge on any atom is 0.279 e. The van der Waals surface area contributed by atoms with Crippen LogP contribution in [0, 0.1) is 5.82 Å². The van der Waals surface area contributed by atoms with Crippen molar-refractivity contribution < 1.29 is 18.9 Å². The molecule has 5 nitrogen and oxygen atoms in total. The molecule has 2 aromatic rings. The first-order chi connectivity index (χ1) is 14.1. The molecule has 0 spiro atoms. The molecule has 0 atom stereocenters. The molecule has 2 aliphatic rings. The first kappa shape index (κ1) is 19.6. The fourth-order valence-corrected chi connectivity index (χ4v) is 4.22. The van der Waals surface area contributed by atoms with E-state index in [-0.39, 0.29) is 17.6 Å². The highest BCUT2D eigenvalue weighted by molar-refractivity contribution is 5.94. The Morgan fingerprint density at radius 1 is 0.966 bits per heavy atom. The highest BCUT2D eigenvalue weighted by Gasteiger charge is 2.26. The molecule has 0 aromatic heterocycles. The number of aryl methyl sites for hydroxylation is 2. The molecule has 2 amide bonds. The van der Waals surface area contributed by atoms with Crippen molar-refractivity contribution in [3.63, 3.8) is 0 Å². The van der Waals surface area contributed by atoms with Gasteiger partial charge in [0.25, 0.3) is 11.8 Å². The van der Waals surface area contributed by atoms with Crippen LogP contribution in [0.3, 0.4) is 0 Å². The highest BCUT2D eigenvalue weighted by atomic mass is 19.1. The van der Waals surface area contributed by atoms with E-state index in [1.54, 1.807) is 12.1 Å². The number of anilines is 1. The molecule has 6 heteroatoms. The van der Waals surface area contributed by atoms with Gasteiger partial charge in [0.2, 0.25) is 0 Å². The average Bonchev–Trinajstić information content (AvgIpc) is 2.75. The number of fused-ring (bicyclic) bond motifs is 1. The van der Waals surface area contributed by atoms with E-state index in [9.17, 15) is 14.0 Å². The molecular weight excluding hydrogens is 369 g/mol. The number of hydrogen-bond donors (Lipinski definition) is 2. The fourth-order valence-electron chi connectivity index (χ4n) is 4.22. The molecule has 1 aliphatic carbocycles. The lowest BCUT2D eigenvalue weighted by molar-refractivity contribution is -0.895. The fraction of sp³-hybridized carbons (Fsp3) is 0.391. The zero-order chi connectivity index (χ0) is 20.2. The van der Waals surface area contributed by atoms with Gasteiger partial charge in [0, 0.05) is 11.3 Å². The third-order valence-corrected chi connectivity index (χ3v) is 5.89. The summed E-state index contributed by atoms with van der Waals surface area (Å²) in [6, 6.07) is 11.9. The maximum absolute atomic E-state index is 13.0. The predicted octanol–water partition coefficient (Wildman–Crippen LogP) is 1.68. The Morgan fingerprint density at radius 2 is 1.66 bits per heavy atom. The van der Waals surface area contributed by atoms with E-state index < -0.39 is 0 Å². The lowest BCUT2D eigenvalue weighted by atomic mass is 9.90. The molecule has 0 bridgehead atoms. The first-order valence-corrected chi connectivity index (χ1v) is 10.4. The first-order valence-electron chi connectivity index (χ1n) is 10.4. The van der Waals surface area contributed by atoms with Crippen LogP contribution in [0.1, 0.15) is 34.3 Å².